The highest BCUT2D eigenvalue weighted by Gasteiger charge is 2.34. The van der Waals surface area contributed by atoms with Crippen LogP contribution in [0.5, 0.6) is 5.75 Å². The maximum Gasteiger partial charge on any atom is 0.152 e. The minimum absolute atomic E-state index is 0.0170. The second kappa shape index (κ2) is 5.82. The Bertz CT molecular complexity index is 527. The fourth-order valence-electron chi connectivity index (χ4n) is 2.67. The first kappa shape index (κ1) is 14.2. The Morgan fingerprint density at radius 3 is 2.74 bits per heavy atom. The average molecular weight is 283 g/mol. The summed E-state index contributed by atoms with van der Waals surface area (Å²) in [6.45, 7) is 2.53. The highest BCUT2D eigenvalue weighted by molar-refractivity contribution is 7.91. The molecule has 1 aliphatic rings. The maximum absolute atomic E-state index is 11.8. The van der Waals surface area contributed by atoms with Gasteiger partial charge in [-0.2, -0.15) is 0 Å². The maximum atomic E-state index is 11.8. The van der Waals surface area contributed by atoms with E-state index >= 15 is 0 Å². The summed E-state index contributed by atoms with van der Waals surface area (Å²) in [5.74, 6) is 0.782. The predicted molar refractivity (Wildman–Crippen MR) is 77.5 cm³/mol. The molecular formula is C14H21NO3S. The van der Waals surface area contributed by atoms with E-state index in [9.17, 15) is 8.42 Å². The lowest BCUT2D eigenvalue weighted by molar-refractivity contribution is 0.341. The Balaban J connectivity index is 2.17. The summed E-state index contributed by atoms with van der Waals surface area (Å²) in [4.78, 5) is 0. The lowest BCUT2D eigenvalue weighted by atomic mass is 10.2. The molecular weight excluding hydrogens is 262 g/mol. The number of benzene rings is 1. The van der Waals surface area contributed by atoms with E-state index < -0.39 is 9.84 Å². The number of sulfone groups is 1. The highest BCUT2D eigenvalue weighted by Crippen LogP contribution is 2.31. The summed E-state index contributed by atoms with van der Waals surface area (Å²) in [6, 6.07) is 7.66. The monoisotopic (exact) mass is 283 g/mol. The minimum atomic E-state index is -3.00. The Labute approximate surface area is 115 Å². The number of anilines is 1. The molecule has 0 spiro atoms. The van der Waals surface area contributed by atoms with Gasteiger partial charge < -0.3 is 10.1 Å². The Hall–Kier alpha value is -1.23. The van der Waals surface area contributed by atoms with E-state index in [2.05, 4.69) is 5.32 Å². The molecule has 106 valence electrons. The van der Waals surface area contributed by atoms with Crippen LogP contribution in [0.4, 0.5) is 5.69 Å². The summed E-state index contributed by atoms with van der Waals surface area (Å²) in [5.41, 5.74) is 0.880. The first-order valence-corrected chi connectivity index (χ1v) is 8.65. The molecule has 1 fully saturated rings. The number of para-hydroxylation sites is 2. The topological polar surface area (TPSA) is 55.4 Å². The summed E-state index contributed by atoms with van der Waals surface area (Å²) in [6.07, 6.45) is 3.91. The molecule has 0 bridgehead atoms. The van der Waals surface area contributed by atoms with E-state index in [1.165, 1.54) is 6.26 Å². The van der Waals surface area contributed by atoms with Crippen LogP contribution >= 0.6 is 0 Å². The van der Waals surface area contributed by atoms with Crippen LogP contribution in [-0.4, -0.2) is 32.6 Å². The largest absolute Gasteiger partial charge is 0.492 e. The van der Waals surface area contributed by atoms with Crippen molar-refractivity contribution in [3.63, 3.8) is 0 Å². The molecule has 1 saturated carbocycles. The zero-order valence-corrected chi connectivity index (χ0v) is 12.2. The standard InChI is InChI=1S/C14H21NO3S/c1-3-18-13-9-5-4-7-11(13)15-12-8-6-10-14(12)19(2,16)17/h4-5,7,9,12,14-15H,3,6,8,10H2,1-2H3. The summed E-state index contributed by atoms with van der Waals surface area (Å²) in [5, 5.41) is 3.06. The van der Waals surface area contributed by atoms with Crippen molar-refractivity contribution < 1.29 is 13.2 Å². The van der Waals surface area contributed by atoms with E-state index in [1.807, 2.05) is 31.2 Å². The molecule has 4 nitrogen and oxygen atoms in total. The fraction of sp³-hybridized carbons (Fsp3) is 0.571. The third-order valence-electron chi connectivity index (χ3n) is 3.53. The molecule has 1 aromatic rings. The van der Waals surface area contributed by atoms with Crippen LogP contribution in [0.2, 0.25) is 0 Å². The quantitative estimate of drug-likeness (QED) is 0.902. The van der Waals surface area contributed by atoms with Gasteiger partial charge in [-0.25, -0.2) is 8.42 Å². The Morgan fingerprint density at radius 1 is 1.32 bits per heavy atom. The van der Waals surface area contributed by atoms with Crippen molar-refractivity contribution in [3.8, 4) is 5.75 Å². The molecule has 19 heavy (non-hydrogen) atoms. The number of hydrogen-bond donors (Lipinski definition) is 1. The average Bonchev–Trinajstić information content (AvgIpc) is 2.80. The molecule has 0 aromatic heterocycles. The van der Waals surface area contributed by atoms with Gasteiger partial charge >= 0.3 is 0 Å². The molecule has 0 aliphatic heterocycles. The zero-order valence-electron chi connectivity index (χ0n) is 11.4. The van der Waals surface area contributed by atoms with Crippen molar-refractivity contribution in [2.24, 2.45) is 0 Å². The summed E-state index contributed by atoms with van der Waals surface area (Å²) < 4.78 is 29.1. The SMILES string of the molecule is CCOc1ccccc1NC1CCCC1S(C)(=O)=O. The van der Waals surface area contributed by atoms with E-state index in [1.54, 1.807) is 0 Å². The van der Waals surface area contributed by atoms with Crippen LogP contribution in [0.3, 0.4) is 0 Å². The number of ether oxygens (including phenoxy) is 1. The van der Waals surface area contributed by atoms with Crippen molar-refractivity contribution in [1.29, 1.82) is 0 Å². The number of hydrogen-bond acceptors (Lipinski definition) is 4. The van der Waals surface area contributed by atoms with Gasteiger partial charge in [-0.3, -0.25) is 0 Å². The molecule has 2 rings (SSSR count). The van der Waals surface area contributed by atoms with Crippen LogP contribution in [0.15, 0.2) is 24.3 Å². The van der Waals surface area contributed by atoms with Crippen LogP contribution in [0, 0.1) is 0 Å². The molecule has 5 heteroatoms. The normalized spacial score (nSPS) is 23.3. The van der Waals surface area contributed by atoms with Gasteiger partial charge in [0, 0.05) is 12.3 Å². The highest BCUT2D eigenvalue weighted by atomic mass is 32.2. The molecule has 1 aromatic carbocycles. The Morgan fingerprint density at radius 2 is 2.05 bits per heavy atom. The Kier molecular flexibility index (Phi) is 4.34. The van der Waals surface area contributed by atoms with E-state index in [0.29, 0.717) is 6.61 Å². The molecule has 1 aliphatic carbocycles. The first-order chi connectivity index (χ1) is 9.02. The van der Waals surface area contributed by atoms with Gasteiger partial charge in [0.15, 0.2) is 9.84 Å². The van der Waals surface area contributed by atoms with Gasteiger partial charge in [0.2, 0.25) is 0 Å². The number of rotatable bonds is 5. The first-order valence-electron chi connectivity index (χ1n) is 6.69. The van der Waals surface area contributed by atoms with Gasteiger partial charge in [0.05, 0.1) is 17.5 Å². The lowest BCUT2D eigenvalue weighted by Crippen LogP contribution is -2.34. The number of nitrogens with one attached hydrogen (secondary N) is 1. The molecule has 0 amide bonds. The smallest absolute Gasteiger partial charge is 0.152 e. The molecule has 1 N–H and O–H groups in total. The van der Waals surface area contributed by atoms with Gasteiger partial charge in [-0.15, -0.1) is 0 Å². The van der Waals surface area contributed by atoms with E-state index in [4.69, 9.17) is 4.74 Å². The zero-order chi connectivity index (χ0) is 13.9. The van der Waals surface area contributed by atoms with Gasteiger partial charge in [0.1, 0.15) is 5.75 Å². The van der Waals surface area contributed by atoms with Crippen molar-refractivity contribution in [2.45, 2.75) is 37.5 Å². The van der Waals surface area contributed by atoms with E-state index in [-0.39, 0.29) is 11.3 Å². The minimum Gasteiger partial charge on any atom is -0.492 e. The molecule has 2 unspecified atom stereocenters. The van der Waals surface area contributed by atoms with Crippen LogP contribution in [-0.2, 0) is 9.84 Å². The van der Waals surface area contributed by atoms with Gasteiger partial charge in [-0.1, -0.05) is 12.1 Å². The third-order valence-corrected chi connectivity index (χ3v) is 5.19. The van der Waals surface area contributed by atoms with E-state index in [0.717, 1.165) is 30.7 Å². The predicted octanol–water partition coefficient (Wildman–Crippen LogP) is 2.46. The second-order valence-corrected chi connectivity index (χ2v) is 7.24. The molecule has 0 heterocycles. The van der Waals surface area contributed by atoms with Crippen molar-refractivity contribution in [2.75, 3.05) is 18.2 Å². The second-order valence-electron chi connectivity index (χ2n) is 4.98. The third kappa shape index (κ3) is 3.41. The summed E-state index contributed by atoms with van der Waals surface area (Å²) in [7, 11) is -3.00. The van der Waals surface area contributed by atoms with Crippen molar-refractivity contribution in [3.05, 3.63) is 24.3 Å². The van der Waals surface area contributed by atoms with Crippen molar-refractivity contribution in [1.82, 2.24) is 0 Å². The molecule has 2 atom stereocenters. The molecule has 0 saturated heterocycles. The van der Waals surface area contributed by atoms with Crippen LogP contribution in [0.1, 0.15) is 26.2 Å². The summed E-state index contributed by atoms with van der Waals surface area (Å²) >= 11 is 0. The van der Waals surface area contributed by atoms with Gasteiger partial charge in [0.25, 0.3) is 0 Å². The van der Waals surface area contributed by atoms with Crippen LogP contribution < -0.4 is 10.1 Å². The fourth-order valence-corrected chi connectivity index (χ4v) is 4.07. The van der Waals surface area contributed by atoms with Crippen molar-refractivity contribution >= 4 is 15.5 Å². The van der Waals surface area contributed by atoms with Crippen LogP contribution in [0.25, 0.3) is 0 Å². The lowest BCUT2D eigenvalue weighted by Gasteiger charge is -2.22. The molecule has 0 radical (unpaired) electrons. The van der Waals surface area contributed by atoms with Gasteiger partial charge in [-0.05, 0) is 38.3 Å².